The number of aryl methyl sites for hydroxylation is 2. The first-order chi connectivity index (χ1) is 9.58. The summed E-state index contributed by atoms with van der Waals surface area (Å²) in [6, 6.07) is 14.6. The van der Waals surface area contributed by atoms with Crippen LogP contribution in [0.15, 0.2) is 42.5 Å². The maximum Gasteiger partial charge on any atom is 0.141 e. The van der Waals surface area contributed by atoms with Gasteiger partial charge < -0.3 is 10.3 Å². The number of fused-ring (bicyclic) bond motifs is 1. The Morgan fingerprint density at radius 2 is 1.90 bits per heavy atom. The van der Waals surface area contributed by atoms with Gasteiger partial charge in [-0.3, -0.25) is 0 Å². The van der Waals surface area contributed by atoms with Crippen LogP contribution < -0.4 is 5.73 Å². The molecule has 3 nitrogen and oxygen atoms in total. The van der Waals surface area contributed by atoms with Crippen LogP contribution in [0.3, 0.4) is 0 Å². The molecule has 2 N–H and O–H groups in total. The number of benzene rings is 2. The van der Waals surface area contributed by atoms with Crippen LogP contribution >= 0.6 is 0 Å². The van der Waals surface area contributed by atoms with Crippen LogP contribution in [-0.2, 0) is 7.05 Å². The molecule has 0 amide bonds. The Morgan fingerprint density at radius 3 is 2.60 bits per heavy atom. The van der Waals surface area contributed by atoms with Crippen LogP contribution in [0.1, 0.15) is 24.1 Å². The minimum Gasteiger partial charge on any atom is -0.327 e. The number of aromatic nitrogens is 2. The molecule has 20 heavy (non-hydrogen) atoms. The van der Waals surface area contributed by atoms with Crippen molar-refractivity contribution >= 4 is 11.0 Å². The molecule has 3 rings (SSSR count). The van der Waals surface area contributed by atoms with Gasteiger partial charge in [0.15, 0.2) is 0 Å². The molecule has 0 aliphatic rings. The fourth-order valence-electron chi connectivity index (χ4n) is 2.56. The molecule has 3 heteroatoms. The van der Waals surface area contributed by atoms with E-state index in [2.05, 4.69) is 61.0 Å². The molecule has 1 unspecified atom stereocenters. The lowest BCUT2D eigenvalue weighted by atomic mass is 10.1. The summed E-state index contributed by atoms with van der Waals surface area (Å²) >= 11 is 0. The Bertz CT molecular complexity index is 769. The number of hydrogen-bond donors (Lipinski definition) is 1. The van der Waals surface area contributed by atoms with Gasteiger partial charge in [-0.05, 0) is 37.1 Å². The van der Waals surface area contributed by atoms with E-state index >= 15 is 0 Å². The number of imidazole rings is 1. The molecule has 0 saturated heterocycles. The lowest BCUT2D eigenvalue weighted by molar-refractivity contribution is 0.819. The second-order valence-electron chi connectivity index (χ2n) is 5.35. The third kappa shape index (κ3) is 2.00. The van der Waals surface area contributed by atoms with Gasteiger partial charge in [-0.2, -0.15) is 0 Å². The first-order valence-electron chi connectivity index (χ1n) is 6.86. The van der Waals surface area contributed by atoms with Gasteiger partial charge in [0, 0.05) is 18.7 Å². The summed E-state index contributed by atoms with van der Waals surface area (Å²) in [5.41, 5.74) is 11.6. The molecule has 2 aromatic carbocycles. The number of rotatable bonds is 2. The quantitative estimate of drug-likeness (QED) is 0.769. The molecule has 102 valence electrons. The molecule has 1 aromatic heterocycles. The SMILES string of the molecule is Cc1ccccc1-c1nc2cc(C(C)N)ccc2n1C. The number of nitrogens with zero attached hydrogens (tertiary/aromatic N) is 2. The molecule has 0 saturated carbocycles. The van der Waals surface area contributed by atoms with Crippen LogP contribution in [0, 0.1) is 6.92 Å². The van der Waals surface area contributed by atoms with Crippen molar-refractivity contribution in [3.63, 3.8) is 0 Å². The maximum absolute atomic E-state index is 5.95. The molecular weight excluding hydrogens is 246 g/mol. The predicted octanol–water partition coefficient (Wildman–Crippen LogP) is 3.57. The highest BCUT2D eigenvalue weighted by molar-refractivity contribution is 5.81. The summed E-state index contributed by atoms with van der Waals surface area (Å²) in [4.78, 5) is 4.79. The van der Waals surface area contributed by atoms with E-state index in [9.17, 15) is 0 Å². The molecule has 0 fully saturated rings. The van der Waals surface area contributed by atoms with Crippen LogP contribution in [0.4, 0.5) is 0 Å². The Labute approximate surface area is 119 Å². The van der Waals surface area contributed by atoms with E-state index in [-0.39, 0.29) is 6.04 Å². The fourth-order valence-corrected chi connectivity index (χ4v) is 2.56. The molecular formula is C17H19N3. The fraction of sp³-hybridized carbons (Fsp3) is 0.235. The van der Waals surface area contributed by atoms with E-state index < -0.39 is 0 Å². The van der Waals surface area contributed by atoms with Gasteiger partial charge in [-0.25, -0.2) is 4.98 Å². The van der Waals surface area contributed by atoms with Crippen molar-refractivity contribution in [3.8, 4) is 11.4 Å². The Kier molecular flexibility index (Phi) is 3.07. The van der Waals surface area contributed by atoms with Gasteiger partial charge in [-0.1, -0.05) is 30.3 Å². The molecule has 1 atom stereocenters. The first kappa shape index (κ1) is 12.9. The zero-order chi connectivity index (χ0) is 14.3. The lowest BCUT2D eigenvalue weighted by Crippen LogP contribution is -2.04. The summed E-state index contributed by atoms with van der Waals surface area (Å²) in [6.45, 7) is 4.11. The van der Waals surface area contributed by atoms with E-state index in [4.69, 9.17) is 10.7 Å². The van der Waals surface area contributed by atoms with Crippen LogP contribution in [-0.4, -0.2) is 9.55 Å². The van der Waals surface area contributed by atoms with Crippen LogP contribution in [0.2, 0.25) is 0 Å². The summed E-state index contributed by atoms with van der Waals surface area (Å²) in [5, 5.41) is 0. The van der Waals surface area contributed by atoms with E-state index in [1.807, 2.05) is 6.92 Å². The van der Waals surface area contributed by atoms with Crippen molar-refractivity contribution in [2.75, 3.05) is 0 Å². The maximum atomic E-state index is 5.95. The van der Waals surface area contributed by atoms with Crippen molar-refractivity contribution < 1.29 is 0 Å². The molecule has 0 bridgehead atoms. The van der Waals surface area contributed by atoms with Gasteiger partial charge in [0.1, 0.15) is 5.82 Å². The standard InChI is InChI=1S/C17H19N3/c1-11-6-4-5-7-14(11)17-19-15-10-13(12(2)18)8-9-16(15)20(17)3/h4-10,12H,18H2,1-3H3. The van der Waals surface area contributed by atoms with Crippen molar-refractivity contribution in [2.45, 2.75) is 19.9 Å². The third-order valence-electron chi connectivity index (χ3n) is 3.82. The summed E-state index contributed by atoms with van der Waals surface area (Å²) in [6.07, 6.45) is 0. The average molecular weight is 265 g/mol. The molecule has 0 aliphatic heterocycles. The zero-order valence-corrected chi connectivity index (χ0v) is 12.1. The Morgan fingerprint density at radius 1 is 1.15 bits per heavy atom. The number of nitrogens with two attached hydrogens (primary N) is 1. The van der Waals surface area contributed by atoms with Gasteiger partial charge in [-0.15, -0.1) is 0 Å². The molecule has 1 heterocycles. The second-order valence-corrected chi connectivity index (χ2v) is 5.35. The summed E-state index contributed by atoms with van der Waals surface area (Å²) in [5.74, 6) is 1.000. The van der Waals surface area contributed by atoms with E-state index in [0.29, 0.717) is 0 Å². The van der Waals surface area contributed by atoms with E-state index in [0.717, 1.165) is 22.4 Å². The monoisotopic (exact) mass is 265 g/mol. The van der Waals surface area contributed by atoms with Crippen molar-refractivity contribution in [1.82, 2.24) is 9.55 Å². The van der Waals surface area contributed by atoms with Crippen molar-refractivity contribution in [1.29, 1.82) is 0 Å². The van der Waals surface area contributed by atoms with Gasteiger partial charge in [0.2, 0.25) is 0 Å². The zero-order valence-electron chi connectivity index (χ0n) is 12.1. The molecule has 0 radical (unpaired) electrons. The predicted molar refractivity (Wildman–Crippen MR) is 83.5 cm³/mol. The molecule has 0 spiro atoms. The highest BCUT2D eigenvalue weighted by atomic mass is 15.1. The van der Waals surface area contributed by atoms with Crippen LogP contribution in [0.25, 0.3) is 22.4 Å². The summed E-state index contributed by atoms with van der Waals surface area (Å²) in [7, 11) is 2.06. The van der Waals surface area contributed by atoms with Gasteiger partial charge >= 0.3 is 0 Å². The Balaban J connectivity index is 2.23. The number of hydrogen-bond acceptors (Lipinski definition) is 2. The first-order valence-corrected chi connectivity index (χ1v) is 6.86. The van der Waals surface area contributed by atoms with Crippen LogP contribution in [0.5, 0.6) is 0 Å². The highest BCUT2D eigenvalue weighted by Gasteiger charge is 2.12. The second kappa shape index (κ2) is 4.76. The van der Waals surface area contributed by atoms with Crippen molar-refractivity contribution in [3.05, 3.63) is 53.6 Å². The highest BCUT2D eigenvalue weighted by Crippen LogP contribution is 2.27. The average Bonchev–Trinajstić information content (AvgIpc) is 2.76. The summed E-state index contributed by atoms with van der Waals surface area (Å²) < 4.78 is 2.14. The topological polar surface area (TPSA) is 43.8 Å². The van der Waals surface area contributed by atoms with Gasteiger partial charge in [0.05, 0.1) is 11.0 Å². The van der Waals surface area contributed by atoms with E-state index in [1.165, 1.54) is 11.1 Å². The normalized spacial score (nSPS) is 12.8. The largest absolute Gasteiger partial charge is 0.327 e. The minimum atomic E-state index is 0.0308. The molecule has 3 aromatic rings. The Hall–Kier alpha value is -2.13. The third-order valence-corrected chi connectivity index (χ3v) is 3.82. The minimum absolute atomic E-state index is 0.0308. The van der Waals surface area contributed by atoms with E-state index in [1.54, 1.807) is 0 Å². The lowest BCUT2D eigenvalue weighted by Gasteiger charge is -2.06. The van der Waals surface area contributed by atoms with Gasteiger partial charge in [0.25, 0.3) is 0 Å². The van der Waals surface area contributed by atoms with Crippen molar-refractivity contribution in [2.24, 2.45) is 12.8 Å². The molecule has 0 aliphatic carbocycles. The smallest absolute Gasteiger partial charge is 0.141 e.